The molecule has 3 rings (SSSR count). The van der Waals surface area contributed by atoms with Crippen molar-refractivity contribution in [3.63, 3.8) is 0 Å². The zero-order chi connectivity index (χ0) is 14.8. The SMILES string of the molecule is Cc1cc(C)n(-c2ccc(=O)n(Cc3ccccc3)n2)n1. The van der Waals surface area contributed by atoms with Crippen molar-refractivity contribution in [2.75, 3.05) is 0 Å². The molecule has 5 heteroatoms. The van der Waals surface area contributed by atoms with E-state index in [4.69, 9.17) is 0 Å². The lowest BCUT2D eigenvalue weighted by Crippen LogP contribution is -2.24. The lowest BCUT2D eigenvalue weighted by molar-refractivity contribution is 0.615. The summed E-state index contributed by atoms with van der Waals surface area (Å²) in [5.74, 6) is 0.649. The summed E-state index contributed by atoms with van der Waals surface area (Å²) in [7, 11) is 0. The average Bonchev–Trinajstić information content (AvgIpc) is 2.81. The van der Waals surface area contributed by atoms with E-state index in [1.54, 1.807) is 10.7 Å². The normalized spacial score (nSPS) is 10.8. The Morgan fingerprint density at radius 1 is 1.00 bits per heavy atom. The summed E-state index contributed by atoms with van der Waals surface area (Å²) in [6.07, 6.45) is 0. The first kappa shape index (κ1) is 13.3. The number of aromatic nitrogens is 4. The lowest BCUT2D eigenvalue weighted by Gasteiger charge is -2.08. The van der Waals surface area contributed by atoms with Crippen molar-refractivity contribution in [3.05, 3.63) is 75.8 Å². The van der Waals surface area contributed by atoms with Crippen LogP contribution >= 0.6 is 0 Å². The Morgan fingerprint density at radius 2 is 1.76 bits per heavy atom. The van der Waals surface area contributed by atoms with E-state index in [0.717, 1.165) is 17.0 Å². The van der Waals surface area contributed by atoms with Gasteiger partial charge in [0, 0.05) is 11.8 Å². The number of hydrogen-bond acceptors (Lipinski definition) is 3. The Kier molecular flexibility index (Phi) is 3.39. The molecular formula is C16H16N4O. The minimum absolute atomic E-state index is 0.121. The van der Waals surface area contributed by atoms with Crippen LogP contribution in [0.1, 0.15) is 17.0 Å². The molecule has 3 aromatic rings. The van der Waals surface area contributed by atoms with Gasteiger partial charge in [-0.05, 0) is 31.5 Å². The molecule has 0 fully saturated rings. The largest absolute Gasteiger partial charge is 0.268 e. The van der Waals surface area contributed by atoms with Crippen LogP contribution in [-0.4, -0.2) is 19.6 Å². The van der Waals surface area contributed by atoms with Crippen molar-refractivity contribution in [1.29, 1.82) is 0 Å². The van der Waals surface area contributed by atoms with Gasteiger partial charge in [-0.2, -0.15) is 5.10 Å². The predicted octanol–water partition coefficient (Wildman–Crippen LogP) is 2.09. The van der Waals surface area contributed by atoms with E-state index in [0.29, 0.717) is 12.4 Å². The van der Waals surface area contributed by atoms with E-state index >= 15 is 0 Å². The van der Waals surface area contributed by atoms with Crippen molar-refractivity contribution in [1.82, 2.24) is 19.6 Å². The smallest absolute Gasteiger partial charge is 0.267 e. The highest BCUT2D eigenvalue weighted by Crippen LogP contribution is 2.08. The Balaban J connectivity index is 2.01. The fourth-order valence-electron chi connectivity index (χ4n) is 2.28. The highest BCUT2D eigenvalue weighted by atomic mass is 16.1. The zero-order valence-corrected chi connectivity index (χ0v) is 12.0. The van der Waals surface area contributed by atoms with E-state index in [1.165, 1.54) is 10.7 Å². The van der Waals surface area contributed by atoms with E-state index < -0.39 is 0 Å². The lowest BCUT2D eigenvalue weighted by atomic mass is 10.2. The molecule has 2 heterocycles. The van der Waals surface area contributed by atoms with Crippen molar-refractivity contribution in [3.8, 4) is 5.82 Å². The van der Waals surface area contributed by atoms with Gasteiger partial charge in [0.2, 0.25) is 0 Å². The highest BCUT2D eigenvalue weighted by molar-refractivity contribution is 5.24. The van der Waals surface area contributed by atoms with E-state index in [-0.39, 0.29) is 5.56 Å². The minimum atomic E-state index is -0.121. The van der Waals surface area contributed by atoms with Gasteiger partial charge < -0.3 is 0 Å². The molecule has 106 valence electrons. The predicted molar refractivity (Wildman–Crippen MR) is 80.6 cm³/mol. The molecule has 0 radical (unpaired) electrons. The number of rotatable bonds is 3. The fourth-order valence-corrected chi connectivity index (χ4v) is 2.28. The molecule has 1 aromatic carbocycles. The molecule has 0 saturated heterocycles. The third kappa shape index (κ3) is 2.76. The van der Waals surface area contributed by atoms with Gasteiger partial charge >= 0.3 is 0 Å². The van der Waals surface area contributed by atoms with Crippen molar-refractivity contribution in [2.45, 2.75) is 20.4 Å². The van der Waals surface area contributed by atoms with Crippen LogP contribution in [-0.2, 0) is 6.54 Å². The first-order valence-electron chi connectivity index (χ1n) is 6.79. The van der Waals surface area contributed by atoms with Gasteiger partial charge in [-0.25, -0.2) is 9.36 Å². The van der Waals surface area contributed by atoms with E-state index in [1.807, 2.05) is 50.2 Å². The fraction of sp³-hybridized carbons (Fsp3) is 0.188. The minimum Gasteiger partial charge on any atom is -0.268 e. The van der Waals surface area contributed by atoms with Crippen molar-refractivity contribution < 1.29 is 0 Å². The first-order chi connectivity index (χ1) is 10.1. The molecule has 0 spiro atoms. The van der Waals surface area contributed by atoms with Crippen LogP contribution < -0.4 is 5.56 Å². The Hall–Kier alpha value is -2.69. The first-order valence-corrected chi connectivity index (χ1v) is 6.79. The summed E-state index contributed by atoms with van der Waals surface area (Å²) < 4.78 is 3.21. The third-order valence-corrected chi connectivity index (χ3v) is 3.25. The zero-order valence-electron chi connectivity index (χ0n) is 12.0. The molecule has 0 unspecified atom stereocenters. The van der Waals surface area contributed by atoms with Gasteiger partial charge in [0.25, 0.3) is 5.56 Å². The Morgan fingerprint density at radius 3 is 2.43 bits per heavy atom. The standard InChI is InChI=1S/C16H16N4O/c1-12-10-13(2)20(17-12)15-8-9-16(21)19(18-15)11-14-6-4-3-5-7-14/h3-10H,11H2,1-2H3. The van der Waals surface area contributed by atoms with E-state index in [2.05, 4.69) is 10.2 Å². The van der Waals surface area contributed by atoms with Crippen LogP contribution in [0.2, 0.25) is 0 Å². The molecule has 0 aliphatic heterocycles. The maximum absolute atomic E-state index is 12.0. The summed E-state index contributed by atoms with van der Waals surface area (Å²) in [4.78, 5) is 12.0. The molecule has 0 aliphatic carbocycles. The molecule has 0 amide bonds. The third-order valence-electron chi connectivity index (χ3n) is 3.25. The molecule has 0 bridgehead atoms. The van der Waals surface area contributed by atoms with Gasteiger partial charge in [0.15, 0.2) is 5.82 Å². The second-order valence-electron chi connectivity index (χ2n) is 5.01. The van der Waals surface area contributed by atoms with Crippen LogP contribution in [0.15, 0.2) is 53.3 Å². The number of benzene rings is 1. The monoisotopic (exact) mass is 280 g/mol. The van der Waals surface area contributed by atoms with Gasteiger partial charge in [-0.15, -0.1) is 5.10 Å². The average molecular weight is 280 g/mol. The van der Waals surface area contributed by atoms with Crippen LogP contribution in [0.25, 0.3) is 5.82 Å². The number of aryl methyl sites for hydroxylation is 2. The van der Waals surface area contributed by atoms with Crippen molar-refractivity contribution >= 4 is 0 Å². The summed E-state index contributed by atoms with van der Waals surface area (Å²) >= 11 is 0. The molecule has 2 aromatic heterocycles. The highest BCUT2D eigenvalue weighted by Gasteiger charge is 2.07. The summed E-state index contributed by atoms with van der Waals surface area (Å²) in [5.41, 5.74) is 2.83. The topological polar surface area (TPSA) is 52.7 Å². The van der Waals surface area contributed by atoms with Gasteiger partial charge in [-0.3, -0.25) is 4.79 Å². The number of hydrogen-bond donors (Lipinski definition) is 0. The number of nitrogens with zero attached hydrogens (tertiary/aromatic N) is 4. The Labute approximate surface area is 122 Å². The van der Waals surface area contributed by atoms with E-state index in [9.17, 15) is 4.79 Å². The van der Waals surface area contributed by atoms with Gasteiger partial charge in [-0.1, -0.05) is 30.3 Å². The molecule has 0 aliphatic rings. The molecule has 0 N–H and O–H groups in total. The maximum atomic E-state index is 12.0. The molecule has 0 saturated carbocycles. The maximum Gasteiger partial charge on any atom is 0.267 e. The van der Waals surface area contributed by atoms with Crippen LogP contribution in [0, 0.1) is 13.8 Å². The molecular weight excluding hydrogens is 264 g/mol. The molecule has 21 heavy (non-hydrogen) atoms. The quantitative estimate of drug-likeness (QED) is 0.738. The van der Waals surface area contributed by atoms with Crippen LogP contribution in [0.5, 0.6) is 0 Å². The summed E-state index contributed by atoms with van der Waals surface area (Å²) in [6, 6.07) is 15.0. The van der Waals surface area contributed by atoms with Gasteiger partial charge in [0.05, 0.1) is 12.2 Å². The Bertz CT molecular complexity index is 818. The summed E-state index contributed by atoms with van der Waals surface area (Å²) in [6.45, 7) is 4.35. The molecule has 5 nitrogen and oxygen atoms in total. The molecule has 0 atom stereocenters. The second-order valence-corrected chi connectivity index (χ2v) is 5.01. The van der Waals surface area contributed by atoms with Crippen LogP contribution in [0.4, 0.5) is 0 Å². The van der Waals surface area contributed by atoms with Gasteiger partial charge in [0.1, 0.15) is 0 Å². The van der Waals surface area contributed by atoms with Crippen LogP contribution in [0.3, 0.4) is 0 Å². The summed E-state index contributed by atoms with van der Waals surface area (Å²) in [5, 5.41) is 8.81. The van der Waals surface area contributed by atoms with Crippen molar-refractivity contribution in [2.24, 2.45) is 0 Å². The second kappa shape index (κ2) is 5.36.